The first kappa shape index (κ1) is 27.4. The van der Waals surface area contributed by atoms with Crippen LogP contribution in [0.25, 0.3) is 0 Å². The van der Waals surface area contributed by atoms with E-state index in [0.29, 0.717) is 0 Å². The van der Waals surface area contributed by atoms with Crippen LogP contribution in [0, 0.1) is 0 Å². The second-order valence-electron chi connectivity index (χ2n) is 7.07. The number of hydrogen-bond donors (Lipinski definition) is 1. The van der Waals surface area contributed by atoms with Crippen LogP contribution in [0.2, 0.25) is 0 Å². The fourth-order valence-electron chi connectivity index (χ4n) is 2.94. The van der Waals surface area contributed by atoms with Crippen molar-refractivity contribution in [3.05, 3.63) is 12.2 Å². The molecule has 0 spiro atoms. The molecule has 0 aromatic carbocycles. The first-order valence-electron chi connectivity index (χ1n) is 10.2. The maximum atomic E-state index is 10.5. The monoisotopic (exact) mass is 363 g/mol. The fraction of sp³-hybridized carbons (Fsp3) is 0.857. The van der Waals surface area contributed by atoms with Crippen LogP contribution in [0.15, 0.2) is 12.2 Å². The van der Waals surface area contributed by atoms with E-state index in [9.17, 15) is 4.79 Å². The molecule has 0 atom stereocenters. The van der Waals surface area contributed by atoms with Gasteiger partial charge in [-0.2, -0.15) is 0 Å². The van der Waals surface area contributed by atoms with Gasteiger partial charge < -0.3 is 5.11 Å². The van der Waals surface area contributed by atoms with Crippen LogP contribution in [0.3, 0.4) is 0 Å². The number of allylic oxidation sites excluding steroid dienone is 2. The molecule has 0 heterocycles. The van der Waals surface area contributed by atoms with Crippen molar-refractivity contribution in [3.63, 3.8) is 0 Å². The average Bonchev–Trinajstić information content (AvgIpc) is 2.53. The van der Waals surface area contributed by atoms with Gasteiger partial charge >= 0.3 is 35.5 Å². The molecule has 4 heteroatoms. The Morgan fingerprint density at radius 2 is 1.24 bits per heavy atom. The van der Waals surface area contributed by atoms with E-state index in [1.54, 1.807) is 0 Å². The normalized spacial score (nSPS) is 11.2. The molecular weight excluding hydrogens is 321 g/mol. The second-order valence-corrected chi connectivity index (χ2v) is 7.07. The maximum absolute atomic E-state index is 10.5. The van der Waals surface area contributed by atoms with Crippen LogP contribution in [-0.4, -0.2) is 65.7 Å². The van der Waals surface area contributed by atoms with Crippen molar-refractivity contribution >= 4 is 35.5 Å². The van der Waals surface area contributed by atoms with E-state index in [4.69, 9.17) is 5.11 Å². The molecule has 144 valence electrons. The van der Waals surface area contributed by atoms with E-state index in [0.717, 1.165) is 13.0 Å². The summed E-state index contributed by atoms with van der Waals surface area (Å²) in [6.45, 7) is 3.32. The molecular formula is C21H42NNaO2. The Kier molecular flexibility index (Phi) is 24.3. The third kappa shape index (κ3) is 24.2. The third-order valence-electron chi connectivity index (χ3n) is 4.46. The number of aliphatic carboxylic acids is 1. The van der Waals surface area contributed by atoms with Crippen molar-refractivity contribution in [1.82, 2.24) is 4.90 Å². The number of unbranched alkanes of at least 4 members (excludes halogenated alkanes) is 12. The van der Waals surface area contributed by atoms with Gasteiger partial charge in [0.1, 0.15) is 0 Å². The van der Waals surface area contributed by atoms with E-state index in [2.05, 4.69) is 19.1 Å². The summed E-state index contributed by atoms with van der Waals surface area (Å²) in [5, 5.41) is 8.67. The molecule has 0 saturated carbocycles. The molecule has 25 heavy (non-hydrogen) atoms. The molecule has 0 aliphatic rings. The van der Waals surface area contributed by atoms with E-state index in [-0.39, 0.29) is 36.1 Å². The summed E-state index contributed by atoms with van der Waals surface area (Å²) < 4.78 is 0. The number of carbonyl (C=O) groups is 1. The van der Waals surface area contributed by atoms with Gasteiger partial charge in [0.2, 0.25) is 0 Å². The van der Waals surface area contributed by atoms with E-state index in [1.165, 1.54) is 83.5 Å². The Morgan fingerprint density at radius 3 is 1.72 bits per heavy atom. The van der Waals surface area contributed by atoms with E-state index < -0.39 is 5.97 Å². The summed E-state index contributed by atoms with van der Waals surface area (Å²) in [6, 6.07) is 0. The summed E-state index contributed by atoms with van der Waals surface area (Å²) in [5.74, 6) is -0.734. The molecule has 3 nitrogen and oxygen atoms in total. The Bertz CT molecular complexity index is 308. The van der Waals surface area contributed by atoms with Crippen molar-refractivity contribution in [1.29, 1.82) is 0 Å². The van der Waals surface area contributed by atoms with Crippen LogP contribution in [0.1, 0.15) is 96.8 Å². The van der Waals surface area contributed by atoms with Gasteiger partial charge in [-0.1, -0.05) is 76.9 Å². The first-order chi connectivity index (χ1) is 11.7. The number of likely N-dealkylation sites (N-methyl/N-ethyl adjacent to an activating group) is 1. The van der Waals surface area contributed by atoms with E-state index >= 15 is 0 Å². The van der Waals surface area contributed by atoms with Gasteiger partial charge in [0.25, 0.3) is 0 Å². The zero-order valence-corrected chi connectivity index (χ0v) is 16.3. The van der Waals surface area contributed by atoms with Gasteiger partial charge in [0.15, 0.2) is 0 Å². The Morgan fingerprint density at radius 1 is 0.800 bits per heavy atom. The number of carboxylic acid groups (broad SMARTS) is 1. The summed E-state index contributed by atoms with van der Waals surface area (Å²) in [5.41, 5.74) is 0. The molecule has 0 fully saturated rings. The summed E-state index contributed by atoms with van der Waals surface area (Å²) in [6.07, 6.45) is 23.1. The molecule has 0 amide bonds. The summed E-state index contributed by atoms with van der Waals surface area (Å²) in [7, 11) is 1.88. The van der Waals surface area contributed by atoms with Crippen LogP contribution < -0.4 is 0 Å². The average molecular weight is 364 g/mol. The van der Waals surface area contributed by atoms with Gasteiger partial charge in [-0.3, -0.25) is 9.69 Å². The minimum absolute atomic E-state index is 0. The predicted octanol–water partition coefficient (Wildman–Crippen LogP) is 5.39. The van der Waals surface area contributed by atoms with Crippen molar-refractivity contribution in [3.8, 4) is 0 Å². The molecule has 0 unspecified atom stereocenters. The number of hydrogen-bond acceptors (Lipinski definition) is 2. The third-order valence-corrected chi connectivity index (χ3v) is 4.46. The SMILES string of the molecule is CCCCCCCC/C=C\CCCCCCCCN(C)CC(=O)O.[NaH]. The van der Waals surface area contributed by atoms with Crippen LogP contribution in [0.4, 0.5) is 0 Å². The standard InChI is InChI=1S/C21H41NO2.Na.H/c1-3-4-5-6-7-8-9-10-11-12-13-14-15-16-17-18-19-22(2)20-21(23)24;;/h10-11H,3-9,12-20H2,1-2H3,(H,23,24);;/b11-10-;;. The van der Waals surface area contributed by atoms with Gasteiger partial charge in [0, 0.05) is 0 Å². The van der Waals surface area contributed by atoms with Gasteiger partial charge in [-0.15, -0.1) is 0 Å². The zero-order chi connectivity index (χ0) is 17.9. The summed E-state index contributed by atoms with van der Waals surface area (Å²) in [4.78, 5) is 12.4. The zero-order valence-electron chi connectivity index (χ0n) is 16.3. The Balaban J connectivity index is 0. The summed E-state index contributed by atoms with van der Waals surface area (Å²) >= 11 is 0. The van der Waals surface area contributed by atoms with Crippen LogP contribution >= 0.6 is 0 Å². The molecule has 0 aliphatic heterocycles. The van der Waals surface area contributed by atoms with Crippen molar-refractivity contribution in [2.24, 2.45) is 0 Å². The molecule has 0 aliphatic carbocycles. The molecule has 0 bridgehead atoms. The van der Waals surface area contributed by atoms with Crippen LogP contribution in [0.5, 0.6) is 0 Å². The first-order valence-corrected chi connectivity index (χ1v) is 10.2. The molecule has 0 aromatic rings. The fourth-order valence-corrected chi connectivity index (χ4v) is 2.94. The second kappa shape index (κ2) is 22.2. The minimum atomic E-state index is -0.734. The molecule has 0 aromatic heterocycles. The van der Waals surface area contributed by atoms with Crippen molar-refractivity contribution < 1.29 is 9.90 Å². The molecule has 1 N–H and O–H groups in total. The molecule has 0 saturated heterocycles. The number of nitrogens with zero attached hydrogens (tertiary/aromatic N) is 1. The number of carboxylic acids is 1. The van der Waals surface area contributed by atoms with Crippen molar-refractivity contribution in [2.45, 2.75) is 96.8 Å². The van der Waals surface area contributed by atoms with E-state index in [1.807, 2.05) is 11.9 Å². The topological polar surface area (TPSA) is 40.5 Å². The van der Waals surface area contributed by atoms with Crippen LogP contribution in [-0.2, 0) is 4.79 Å². The molecule has 0 rings (SSSR count). The van der Waals surface area contributed by atoms with Gasteiger partial charge in [-0.25, -0.2) is 0 Å². The van der Waals surface area contributed by atoms with Gasteiger partial charge in [0.05, 0.1) is 6.54 Å². The Hall–Kier alpha value is 0.170. The molecule has 0 radical (unpaired) electrons. The van der Waals surface area contributed by atoms with Crippen molar-refractivity contribution in [2.75, 3.05) is 20.1 Å². The number of rotatable bonds is 18. The Labute approximate surface area is 178 Å². The van der Waals surface area contributed by atoms with Gasteiger partial charge in [-0.05, 0) is 45.7 Å². The predicted molar refractivity (Wildman–Crippen MR) is 112 cm³/mol. The quantitative estimate of drug-likeness (QED) is 0.202.